The molecule has 2 N–H and O–H groups in total. The molecule has 0 fully saturated rings. The van der Waals surface area contributed by atoms with Crippen LogP contribution in [-0.2, 0) is 12.6 Å². The molecule has 0 saturated heterocycles. The molecule has 2 aromatic heterocycles. The zero-order valence-electron chi connectivity index (χ0n) is 15.6. The van der Waals surface area contributed by atoms with Crippen LogP contribution >= 0.6 is 11.3 Å². The summed E-state index contributed by atoms with van der Waals surface area (Å²) in [6, 6.07) is 1.43. The number of pyridine rings is 1. The molecule has 2 heterocycles. The summed E-state index contributed by atoms with van der Waals surface area (Å²) in [5.74, 6) is -1.04. The first-order valence-corrected chi connectivity index (χ1v) is 9.39. The van der Waals surface area contributed by atoms with Crippen molar-refractivity contribution in [1.29, 1.82) is 0 Å². The Balaban J connectivity index is 1.83. The molecule has 160 valence electrons. The molecular formula is C18H15F5N4O2S. The van der Waals surface area contributed by atoms with Crippen molar-refractivity contribution in [3.05, 3.63) is 40.5 Å². The predicted molar refractivity (Wildman–Crippen MR) is 102 cm³/mol. The van der Waals surface area contributed by atoms with E-state index < -0.39 is 30.1 Å². The fourth-order valence-electron chi connectivity index (χ4n) is 2.81. The standard InChI is InChI=1S/C18H15F5N4O2S/c1-3-10-12(7-24-15-14(10)25-8(2)30-15)27-17(28)26-9-4-5-13(29-16(19)20)11(6-9)18(21,22)23/h4-7,16H,3H2,1-2H3,(H2,26,27,28). The average Bonchev–Trinajstić information content (AvgIpc) is 3.01. The SMILES string of the molecule is CCc1c(NC(=O)Nc2ccc(OC(F)F)c(C(F)(F)F)c2)cnc2sc(C)nc12. The molecule has 0 aliphatic heterocycles. The Labute approximate surface area is 171 Å². The number of carbonyl (C=O) groups excluding carboxylic acids is 1. The molecule has 0 unspecified atom stereocenters. The third-order valence-electron chi connectivity index (χ3n) is 4.00. The van der Waals surface area contributed by atoms with E-state index >= 15 is 0 Å². The minimum absolute atomic E-state index is 0.252. The summed E-state index contributed by atoms with van der Waals surface area (Å²) in [4.78, 5) is 21.6. The Bertz CT molecular complexity index is 1080. The van der Waals surface area contributed by atoms with E-state index in [1.165, 1.54) is 17.5 Å². The third kappa shape index (κ3) is 4.75. The molecule has 2 amide bonds. The number of nitrogens with zero attached hydrogens (tertiary/aromatic N) is 2. The van der Waals surface area contributed by atoms with E-state index in [2.05, 4.69) is 25.3 Å². The maximum absolute atomic E-state index is 13.1. The summed E-state index contributed by atoms with van der Waals surface area (Å²) in [6.07, 6.45) is -2.97. The van der Waals surface area contributed by atoms with Gasteiger partial charge in [0, 0.05) is 11.3 Å². The number of aromatic nitrogens is 2. The Morgan fingerprint density at radius 1 is 1.27 bits per heavy atom. The molecule has 30 heavy (non-hydrogen) atoms. The second kappa shape index (κ2) is 8.38. The van der Waals surface area contributed by atoms with Gasteiger partial charge in [-0.15, -0.1) is 0 Å². The number of anilines is 2. The van der Waals surface area contributed by atoms with Crippen LogP contribution in [0.5, 0.6) is 5.75 Å². The Kier molecular flexibility index (Phi) is 6.06. The second-order valence-electron chi connectivity index (χ2n) is 6.06. The number of aryl methyl sites for hydroxylation is 2. The van der Waals surface area contributed by atoms with Crippen molar-refractivity contribution in [2.75, 3.05) is 10.6 Å². The van der Waals surface area contributed by atoms with Crippen molar-refractivity contribution in [1.82, 2.24) is 9.97 Å². The van der Waals surface area contributed by atoms with E-state index in [4.69, 9.17) is 0 Å². The molecule has 3 aromatic rings. The van der Waals surface area contributed by atoms with Crippen LogP contribution in [0.3, 0.4) is 0 Å². The van der Waals surface area contributed by atoms with E-state index in [-0.39, 0.29) is 5.69 Å². The Morgan fingerprint density at radius 3 is 2.63 bits per heavy atom. The van der Waals surface area contributed by atoms with Crippen molar-refractivity contribution in [2.24, 2.45) is 0 Å². The quantitative estimate of drug-likeness (QED) is 0.484. The fourth-order valence-corrected chi connectivity index (χ4v) is 3.60. The maximum Gasteiger partial charge on any atom is 0.420 e. The fraction of sp³-hybridized carbons (Fsp3) is 0.278. The minimum Gasteiger partial charge on any atom is -0.434 e. The summed E-state index contributed by atoms with van der Waals surface area (Å²) in [7, 11) is 0. The van der Waals surface area contributed by atoms with Crippen LogP contribution in [-0.4, -0.2) is 22.6 Å². The van der Waals surface area contributed by atoms with E-state index in [1.54, 1.807) is 0 Å². The average molecular weight is 446 g/mol. The van der Waals surface area contributed by atoms with Gasteiger partial charge in [-0.3, -0.25) is 0 Å². The van der Waals surface area contributed by atoms with E-state index in [1.807, 2.05) is 13.8 Å². The van der Waals surface area contributed by atoms with Gasteiger partial charge in [0.05, 0.1) is 22.5 Å². The number of carbonyl (C=O) groups is 1. The van der Waals surface area contributed by atoms with Gasteiger partial charge in [-0.1, -0.05) is 18.3 Å². The lowest BCUT2D eigenvalue weighted by atomic mass is 10.1. The molecule has 3 rings (SSSR count). The van der Waals surface area contributed by atoms with Gasteiger partial charge < -0.3 is 15.4 Å². The number of fused-ring (bicyclic) bond motifs is 1. The number of ether oxygens (including phenoxy) is 1. The van der Waals surface area contributed by atoms with Gasteiger partial charge in [-0.25, -0.2) is 14.8 Å². The zero-order chi connectivity index (χ0) is 22.1. The maximum atomic E-state index is 13.1. The minimum atomic E-state index is -4.95. The van der Waals surface area contributed by atoms with Crippen LogP contribution in [0.2, 0.25) is 0 Å². The number of urea groups is 1. The number of hydrogen-bond donors (Lipinski definition) is 2. The van der Waals surface area contributed by atoms with Crippen LogP contribution in [0, 0.1) is 6.92 Å². The van der Waals surface area contributed by atoms with Crippen molar-refractivity contribution < 1.29 is 31.5 Å². The lowest BCUT2D eigenvalue weighted by Gasteiger charge is -2.16. The summed E-state index contributed by atoms with van der Waals surface area (Å²) < 4.78 is 68.0. The summed E-state index contributed by atoms with van der Waals surface area (Å²) in [6.45, 7) is 0.271. The van der Waals surface area contributed by atoms with Crippen LogP contribution < -0.4 is 15.4 Å². The monoisotopic (exact) mass is 446 g/mol. The highest BCUT2D eigenvalue weighted by Gasteiger charge is 2.35. The first-order valence-electron chi connectivity index (χ1n) is 8.57. The number of hydrogen-bond acceptors (Lipinski definition) is 5. The molecule has 1 aromatic carbocycles. The third-order valence-corrected chi connectivity index (χ3v) is 4.88. The number of halogens is 5. The molecule has 0 aliphatic carbocycles. The smallest absolute Gasteiger partial charge is 0.420 e. The van der Waals surface area contributed by atoms with Gasteiger partial charge in [0.15, 0.2) is 0 Å². The van der Waals surface area contributed by atoms with Crippen LogP contribution in [0.4, 0.5) is 38.1 Å². The number of nitrogens with one attached hydrogen (secondary N) is 2. The largest absolute Gasteiger partial charge is 0.434 e. The molecule has 0 spiro atoms. The Morgan fingerprint density at radius 2 is 2.00 bits per heavy atom. The molecule has 12 heteroatoms. The molecule has 0 atom stereocenters. The number of amides is 2. The zero-order valence-corrected chi connectivity index (χ0v) is 16.4. The van der Waals surface area contributed by atoms with Crippen LogP contribution in [0.15, 0.2) is 24.4 Å². The predicted octanol–water partition coefficient (Wildman–Crippen LogP) is 5.83. The highest BCUT2D eigenvalue weighted by Crippen LogP contribution is 2.38. The lowest BCUT2D eigenvalue weighted by molar-refractivity contribution is -0.141. The van der Waals surface area contributed by atoms with Crippen molar-refractivity contribution in [3.63, 3.8) is 0 Å². The van der Waals surface area contributed by atoms with Crippen molar-refractivity contribution >= 4 is 39.1 Å². The van der Waals surface area contributed by atoms with Crippen LogP contribution in [0.1, 0.15) is 23.1 Å². The number of thiazole rings is 1. The van der Waals surface area contributed by atoms with Gasteiger partial charge in [0.1, 0.15) is 16.1 Å². The molecule has 0 radical (unpaired) electrons. The number of rotatable bonds is 5. The first-order chi connectivity index (χ1) is 14.1. The Hall–Kier alpha value is -3.02. The summed E-state index contributed by atoms with van der Waals surface area (Å²) >= 11 is 1.40. The topological polar surface area (TPSA) is 76.1 Å². The van der Waals surface area contributed by atoms with Crippen molar-refractivity contribution in [2.45, 2.75) is 33.1 Å². The van der Waals surface area contributed by atoms with E-state index in [0.717, 1.165) is 16.6 Å². The van der Waals surface area contributed by atoms with Gasteiger partial charge in [-0.05, 0) is 31.5 Å². The molecule has 0 bridgehead atoms. The molecular weight excluding hydrogens is 431 g/mol. The number of benzene rings is 1. The molecule has 6 nitrogen and oxygen atoms in total. The summed E-state index contributed by atoms with van der Waals surface area (Å²) in [5.41, 5.74) is 0.0530. The molecule has 0 aliphatic rings. The summed E-state index contributed by atoms with van der Waals surface area (Å²) in [5, 5.41) is 5.59. The van der Waals surface area contributed by atoms with E-state index in [9.17, 15) is 26.7 Å². The molecule has 0 saturated carbocycles. The highest BCUT2D eigenvalue weighted by atomic mass is 32.1. The normalized spacial score (nSPS) is 11.7. The van der Waals surface area contributed by atoms with Gasteiger partial charge in [-0.2, -0.15) is 22.0 Å². The van der Waals surface area contributed by atoms with Gasteiger partial charge >= 0.3 is 18.8 Å². The van der Waals surface area contributed by atoms with Crippen LogP contribution in [0.25, 0.3) is 10.3 Å². The van der Waals surface area contributed by atoms with Gasteiger partial charge in [0.25, 0.3) is 0 Å². The van der Waals surface area contributed by atoms with Gasteiger partial charge in [0.2, 0.25) is 0 Å². The number of alkyl halides is 5. The van der Waals surface area contributed by atoms with Crippen molar-refractivity contribution in [3.8, 4) is 5.75 Å². The first kappa shape index (κ1) is 21.7. The van der Waals surface area contributed by atoms with E-state index in [0.29, 0.717) is 34.6 Å². The highest BCUT2D eigenvalue weighted by molar-refractivity contribution is 7.18. The second-order valence-corrected chi connectivity index (χ2v) is 7.24. The lowest BCUT2D eigenvalue weighted by Crippen LogP contribution is -2.21.